The maximum absolute atomic E-state index is 13.5. The monoisotopic (exact) mass is 380 g/mol. The Kier molecular flexibility index (Phi) is 3.83. The summed E-state index contributed by atoms with van der Waals surface area (Å²) in [6.45, 7) is 0. The first-order valence-corrected chi connectivity index (χ1v) is 10.1. The maximum Gasteiger partial charge on any atom is 0.348 e. The van der Waals surface area contributed by atoms with E-state index in [0.717, 1.165) is 17.3 Å². The number of carbonyl (C=O) groups is 1. The molecule has 0 saturated carbocycles. The maximum atomic E-state index is 13.5. The molecule has 5 heteroatoms. The Labute approximate surface area is 165 Å². The van der Waals surface area contributed by atoms with Gasteiger partial charge in [-0.15, -0.1) is 0 Å². The van der Waals surface area contributed by atoms with Gasteiger partial charge >= 0.3 is 5.97 Å². The number of carbonyl (C=O) groups excluding carboxylic acids is 1. The molecule has 0 radical (unpaired) electrons. The summed E-state index contributed by atoms with van der Waals surface area (Å²) in [6, 6.07) is 15.1. The molecule has 5 rings (SSSR count). The third-order valence-electron chi connectivity index (χ3n) is 7.09. The summed E-state index contributed by atoms with van der Waals surface area (Å²) in [5.41, 5.74) is -0.985. The van der Waals surface area contributed by atoms with E-state index in [9.17, 15) is 9.90 Å². The molecule has 2 saturated heterocycles. The molecule has 5 nitrogen and oxygen atoms in total. The minimum Gasteiger partial charge on any atom is -0.457 e. The van der Waals surface area contributed by atoms with Crippen LogP contribution in [0.1, 0.15) is 36.8 Å². The van der Waals surface area contributed by atoms with Crippen LogP contribution in [0.3, 0.4) is 0 Å². The average molecular weight is 380 g/mol. The second-order valence-corrected chi connectivity index (χ2v) is 8.77. The topological polar surface area (TPSA) is 55.8 Å². The molecular formula is C23H26NO4+. The van der Waals surface area contributed by atoms with Gasteiger partial charge in [-0.25, -0.2) is 4.79 Å². The van der Waals surface area contributed by atoms with Crippen LogP contribution in [0.2, 0.25) is 0 Å². The summed E-state index contributed by atoms with van der Waals surface area (Å²) in [6.07, 6.45) is 4.09. The quantitative estimate of drug-likeness (QED) is 0.641. The van der Waals surface area contributed by atoms with Crippen molar-refractivity contribution in [2.45, 2.75) is 49.5 Å². The number of nitrogens with zero attached hydrogens (tertiary/aromatic N) is 1. The van der Waals surface area contributed by atoms with E-state index >= 15 is 0 Å². The van der Waals surface area contributed by atoms with E-state index in [1.807, 2.05) is 12.1 Å². The Balaban J connectivity index is 1.53. The highest BCUT2D eigenvalue weighted by atomic mass is 16.6. The lowest BCUT2D eigenvalue weighted by Crippen LogP contribution is -2.55. The Morgan fingerprint density at radius 1 is 1.07 bits per heavy atom. The lowest BCUT2D eigenvalue weighted by Gasteiger charge is -2.41. The van der Waals surface area contributed by atoms with Gasteiger partial charge in [0.15, 0.2) is 6.10 Å². The summed E-state index contributed by atoms with van der Waals surface area (Å²) in [5, 5.41) is 11.7. The van der Waals surface area contributed by atoms with Crippen LogP contribution < -0.4 is 4.74 Å². The van der Waals surface area contributed by atoms with Crippen LogP contribution in [0.15, 0.2) is 48.5 Å². The van der Waals surface area contributed by atoms with Gasteiger partial charge in [0, 0.05) is 24.0 Å². The smallest absolute Gasteiger partial charge is 0.348 e. The zero-order chi connectivity index (χ0) is 19.5. The normalized spacial score (nSPS) is 28.6. The van der Waals surface area contributed by atoms with Crippen molar-refractivity contribution in [1.29, 1.82) is 0 Å². The lowest BCUT2D eigenvalue weighted by atomic mass is 9.83. The van der Waals surface area contributed by atoms with Crippen molar-refractivity contribution in [1.82, 2.24) is 0 Å². The van der Waals surface area contributed by atoms with E-state index in [2.05, 4.69) is 14.1 Å². The van der Waals surface area contributed by atoms with Crippen molar-refractivity contribution in [3.8, 4) is 11.5 Å². The average Bonchev–Trinajstić information content (AvgIpc) is 2.83. The summed E-state index contributed by atoms with van der Waals surface area (Å²) in [7, 11) is 4.46. The van der Waals surface area contributed by atoms with Gasteiger partial charge < -0.3 is 19.1 Å². The molecule has 2 unspecified atom stereocenters. The van der Waals surface area contributed by atoms with Crippen LogP contribution in [0, 0.1) is 0 Å². The number of benzene rings is 2. The Morgan fingerprint density at radius 2 is 1.68 bits per heavy atom. The standard InChI is InChI=1S/C23H26NO4/c1-24(2)15-8-7-11-18(24)21(14-15)28-22(25)23(26)16-9-3-5-12-19(16)27-20-13-6-4-10-17(20)23/h3-6,9-10,12-13,15,18,21,26H,7-8,11,14H2,1-2H3/q+1/t15?,18-,21?/m1/s1. The van der Waals surface area contributed by atoms with E-state index in [-0.39, 0.29) is 12.1 Å². The van der Waals surface area contributed by atoms with Crippen molar-refractivity contribution in [2.75, 3.05) is 14.1 Å². The van der Waals surface area contributed by atoms with Crippen molar-refractivity contribution >= 4 is 5.97 Å². The van der Waals surface area contributed by atoms with E-state index in [4.69, 9.17) is 9.47 Å². The number of rotatable bonds is 2. The molecule has 0 spiro atoms. The van der Waals surface area contributed by atoms with Gasteiger partial charge in [-0.3, -0.25) is 0 Å². The van der Waals surface area contributed by atoms with Crippen LogP contribution in [0.25, 0.3) is 0 Å². The van der Waals surface area contributed by atoms with Crippen molar-refractivity contribution in [2.24, 2.45) is 0 Å². The second kappa shape index (κ2) is 6.06. The first-order chi connectivity index (χ1) is 13.4. The zero-order valence-corrected chi connectivity index (χ0v) is 16.3. The molecule has 3 atom stereocenters. The highest BCUT2D eigenvalue weighted by Crippen LogP contribution is 2.48. The van der Waals surface area contributed by atoms with Crippen LogP contribution in [-0.4, -0.2) is 47.8 Å². The largest absolute Gasteiger partial charge is 0.457 e. The fraction of sp³-hybridized carbons (Fsp3) is 0.435. The molecular weight excluding hydrogens is 354 g/mol. The van der Waals surface area contributed by atoms with Crippen LogP contribution in [0.4, 0.5) is 0 Å². The summed E-state index contributed by atoms with van der Waals surface area (Å²) in [4.78, 5) is 13.5. The zero-order valence-electron chi connectivity index (χ0n) is 16.3. The first-order valence-electron chi connectivity index (χ1n) is 10.1. The number of hydrogen-bond acceptors (Lipinski definition) is 4. The van der Waals surface area contributed by atoms with Gasteiger partial charge in [0.05, 0.1) is 20.1 Å². The van der Waals surface area contributed by atoms with Gasteiger partial charge in [-0.05, 0) is 25.0 Å². The molecule has 2 bridgehead atoms. The lowest BCUT2D eigenvalue weighted by molar-refractivity contribution is -0.931. The molecule has 0 amide bonds. The van der Waals surface area contributed by atoms with Crippen LogP contribution >= 0.6 is 0 Å². The predicted octanol–water partition coefficient (Wildman–Crippen LogP) is 3.34. The molecule has 2 aromatic carbocycles. The number of likely N-dealkylation sites (N-methyl/N-ethyl adjacent to an activating group) is 1. The number of piperidine rings is 1. The molecule has 3 aliphatic heterocycles. The fourth-order valence-electron chi connectivity index (χ4n) is 5.47. The van der Waals surface area contributed by atoms with Gasteiger partial charge in [-0.2, -0.15) is 0 Å². The van der Waals surface area contributed by atoms with Gasteiger partial charge in [0.1, 0.15) is 17.5 Å². The number of quaternary nitrogens is 1. The van der Waals surface area contributed by atoms with Gasteiger partial charge in [0.25, 0.3) is 0 Å². The highest BCUT2D eigenvalue weighted by molar-refractivity contribution is 5.88. The minimum atomic E-state index is -1.86. The van der Waals surface area contributed by atoms with Crippen molar-refractivity contribution in [3.63, 3.8) is 0 Å². The van der Waals surface area contributed by atoms with Gasteiger partial charge in [-0.1, -0.05) is 36.4 Å². The Hall–Kier alpha value is -2.37. The number of ether oxygens (including phenoxy) is 2. The Bertz CT molecular complexity index is 892. The summed E-state index contributed by atoms with van der Waals surface area (Å²) in [5.74, 6) is 0.372. The van der Waals surface area contributed by atoms with Gasteiger partial charge in [0.2, 0.25) is 5.60 Å². The molecule has 2 fully saturated rings. The third-order valence-corrected chi connectivity index (χ3v) is 7.09. The number of aliphatic hydroxyl groups is 1. The predicted molar refractivity (Wildman–Crippen MR) is 104 cm³/mol. The summed E-state index contributed by atoms with van der Waals surface area (Å²) < 4.78 is 12.9. The SMILES string of the molecule is C[N+]1(C)C2CCC[C@@H]1C(OC(=O)C1(O)c3ccccc3Oc3ccccc31)C2. The van der Waals surface area contributed by atoms with Crippen molar-refractivity contribution in [3.05, 3.63) is 59.7 Å². The third kappa shape index (κ3) is 2.36. The molecule has 1 N–H and O–H groups in total. The van der Waals surface area contributed by atoms with E-state index in [0.29, 0.717) is 28.7 Å². The fourth-order valence-corrected chi connectivity index (χ4v) is 5.47. The molecule has 146 valence electrons. The Morgan fingerprint density at radius 3 is 2.29 bits per heavy atom. The van der Waals surface area contributed by atoms with E-state index in [1.54, 1.807) is 36.4 Å². The molecule has 0 aromatic heterocycles. The summed E-state index contributed by atoms with van der Waals surface area (Å²) >= 11 is 0. The highest BCUT2D eigenvalue weighted by Gasteiger charge is 2.56. The molecule has 3 aliphatic rings. The number of esters is 1. The molecule has 28 heavy (non-hydrogen) atoms. The number of fused-ring (bicyclic) bond motifs is 4. The number of para-hydroxylation sites is 2. The van der Waals surface area contributed by atoms with Crippen LogP contribution in [0.5, 0.6) is 11.5 Å². The first kappa shape index (κ1) is 17.7. The van der Waals surface area contributed by atoms with E-state index in [1.165, 1.54) is 12.8 Å². The molecule has 2 aromatic rings. The number of hydrogen-bond donors (Lipinski definition) is 1. The van der Waals surface area contributed by atoms with E-state index < -0.39 is 11.6 Å². The molecule has 3 heterocycles. The molecule has 0 aliphatic carbocycles. The minimum absolute atomic E-state index is 0.166. The van der Waals surface area contributed by atoms with Crippen molar-refractivity contribution < 1.29 is 23.9 Å². The second-order valence-electron chi connectivity index (χ2n) is 8.77. The van der Waals surface area contributed by atoms with Crippen LogP contribution in [-0.2, 0) is 15.1 Å².